The van der Waals surface area contributed by atoms with Crippen LogP contribution in [-0.2, 0) is 16.6 Å². The van der Waals surface area contributed by atoms with E-state index in [1.807, 2.05) is 0 Å². The maximum atomic E-state index is 12.1. The minimum absolute atomic E-state index is 0.163. The Hall–Kier alpha value is -2.50. The molecule has 11 heteroatoms. The quantitative estimate of drug-likeness (QED) is 0.496. The molecule has 1 aliphatic rings. The fourth-order valence-corrected chi connectivity index (χ4v) is 4.89. The molecule has 1 saturated carbocycles. The van der Waals surface area contributed by atoms with E-state index in [1.54, 1.807) is 6.07 Å². The molecule has 28 heavy (non-hydrogen) atoms. The Kier molecular flexibility index (Phi) is 5.68. The number of nitro groups is 1. The van der Waals surface area contributed by atoms with Gasteiger partial charge in [-0.3, -0.25) is 14.9 Å². The van der Waals surface area contributed by atoms with Crippen LogP contribution in [0.1, 0.15) is 28.1 Å². The molecule has 3 rings (SSSR count). The normalized spacial score (nSPS) is 14.1. The topological polar surface area (TPSA) is 122 Å². The highest BCUT2D eigenvalue weighted by atomic mass is 32.2. The highest BCUT2D eigenvalue weighted by Crippen LogP contribution is 2.29. The predicted molar refractivity (Wildman–Crippen MR) is 106 cm³/mol. The third-order valence-corrected chi connectivity index (χ3v) is 7.56. The zero-order valence-corrected chi connectivity index (χ0v) is 17.0. The van der Waals surface area contributed by atoms with Crippen molar-refractivity contribution in [1.82, 2.24) is 9.62 Å². The fraction of sp³-hybridized carbons (Fsp3) is 0.353. The van der Waals surface area contributed by atoms with Gasteiger partial charge in [-0.25, -0.2) is 12.7 Å². The second-order valence-electron chi connectivity index (χ2n) is 6.60. The first-order chi connectivity index (χ1) is 13.2. The second kappa shape index (κ2) is 7.86. The Morgan fingerprint density at radius 1 is 1.29 bits per heavy atom. The van der Waals surface area contributed by atoms with Crippen LogP contribution in [0.3, 0.4) is 0 Å². The highest BCUT2D eigenvalue weighted by Gasteiger charge is 2.25. The maximum absolute atomic E-state index is 12.1. The molecule has 1 amide bonds. The molecule has 1 heterocycles. The zero-order chi connectivity index (χ0) is 20.5. The monoisotopic (exact) mass is 424 g/mol. The Bertz CT molecular complexity index is 1010. The first-order valence-corrected chi connectivity index (χ1v) is 10.8. The number of hydrogen-bond acceptors (Lipinski definition) is 7. The van der Waals surface area contributed by atoms with Gasteiger partial charge in [-0.2, -0.15) is 0 Å². The summed E-state index contributed by atoms with van der Waals surface area (Å²) in [6.07, 6.45) is 1.86. The molecule has 9 nitrogen and oxygen atoms in total. The van der Waals surface area contributed by atoms with Gasteiger partial charge in [-0.1, -0.05) is 0 Å². The summed E-state index contributed by atoms with van der Waals surface area (Å²) < 4.78 is 25.6. The summed E-state index contributed by atoms with van der Waals surface area (Å²) in [6.45, 7) is 0.224. The lowest BCUT2D eigenvalue weighted by atomic mass is 10.1. The summed E-state index contributed by atoms with van der Waals surface area (Å²) in [5.41, 5.74) is 0.291. The highest BCUT2D eigenvalue weighted by molar-refractivity contribution is 7.91. The van der Waals surface area contributed by atoms with Crippen LogP contribution in [0.25, 0.3) is 0 Å². The van der Waals surface area contributed by atoms with Crippen molar-refractivity contribution in [2.45, 2.75) is 29.6 Å². The van der Waals surface area contributed by atoms with Crippen molar-refractivity contribution in [3.63, 3.8) is 0 Å². The molecule has 0 aliphatic heterocycles. The Morgan fingerprint density at radius 3 is 2.61 bits per heavy atom. The van der Waals surface area contributed by atoms with Crippen molar-refractivity contribution in [2.24, 2.45) is 0 Å². The molecule has 1 aromatic heterocycles. The number of nitrogens with one attached hydrogen (secondary N) is 2. The van der Waals surface area contributed by atoms with Gasteiger partial charge in [0.2, 0.25) is 0 Å². The molecule has 0 radical (unpaired) electrons. The molecular weight excluding hydrogens is 404 g/mol. The molecule has 1 aromatic carbocycles. The van der Waals surface area contributed by atoms with Crippen molar-refractivity contribution in [1.29, 1.82) is 0 Å². The lowest BCUT2D eigenvalue weighted by molar-refractivity contribution is -0.384. The Labute approximate surface area is 166 Å². The fourth-order valence-electron chi connectivity index (χ4n) is 2.42. The van der Waals surface area contributed by atoms with E-state index in [-0.39, 0.29) is 39.6 Å². The van der Waals surface area contributed by atoms with Crippen LogP contribution in [0.5, 0.6) is 0 Å². The summed E-state index contributed by atoms with van der Waals surface area (Å²) >= 11 is 1.10. The smallest absolute Gasteiger partial charge is 0.293 e. The van der Waals surface area contributed by atoms with E-state index in [0.717, 1.165) is 28.5 Å². The van der Waals surface area contributed by atoms with Crippen LogP contribution in [0.15, 0.2) is 34.5 Å². The van der Waals surface area contributed by atoms with Gasteiger partial charge >= 0.3 is 0 Å². The van der Waals surface area contributed by atoms with Crippen LogP contribution in [0, 0.1) is 10.1 Å². The summed E-state index contributed by atoms with van der Waals surface area (Å²) in [7, 11) is -0.598. The molecular formula is C17H20N4O5S2. The molecule has 0 saturated heterocycles. The third kappa shape index (κ3) is 4.49. The molecule has 0 atom stereocenters. The van der Waals surface area contributed by atoms with Crippen LogP contribution in [0.2, 0.25) is 0 Å². The minimum atomic E-state index is -3.51. The van der Waals surface area contributed by atoms with E-state index in [1.165, 1.54) is 38.4 Å². The largest absolute Gasteiger partial charge is 0.375 e. The number of anilines is 1. The maximum Gasteiger partial charge on any atom is 0.293 e. The number of nitrogens with zero attached hydrogens (tertiary/aromatic N) is 2. The Morgan fingerprint density at radius 2 is 2.00 bits per heavy atom. The minimum Gasteiger partial charge on any atom is -0.375 e. The van der Waals surface area contributed by atoms with Gasteiger partial charge in [0.15, 0.2) is 0 Å². The van der Waals surface area contributed by atoms with Crippen LogP contribution >= 0.6 is 11.3 Å². The molecule has 0 bridgehead atoms. The number of carbonyl (C=O) groups excluding carboxylic acids is 1. The van der Waals surface area contributed by atoms with E-state index in [2.05, 4.69) is 10.6 Å². The number of rotatable bonds is 8. The molecule has 0 spiro atoms. The van der Waals surface area contributed by atoms with E-state index in [0.29, 0.717) is 4.88 Å². The lowest BCUT2D eigenvalue weighted by Gasteiger charge is -2.09. The van der Waals surface area contributed by atoms with Crippen molar-refractivity contribution in [2.75, 3.05) is 19.4 Å². The van der Waals surface area contributed by atoms with Gasteiger partial charge in [-0.05, 0) is 37.1 Å². The third-order valence-electron chi connectivity index (χ3n) is 4.19. The van der Waals surface area contributed by atoms with E-state index in [9.17, 15) is 23.3 Å². The number of sulfonamides is 1. The molecule has 1 fully saturated rings. The summed E-state index contributed by atoms with van der Waals surface area (Å²) in [6, 6.07) is 7.61. The SMILES string of the molecule is CN(C)S(=O)(=O)c1ccc(CNc2ccc(C(=O)NC3CC3)cc2[N+](=O)[O-])s1. The molecule has 1 aliphatic carbocycles. The summed E-state index contributed by atoms with van der Waals surface area (Å²) in [5, 5.41) is 17.2. The van der Waals surface area contributed by atoms with Gasteiger partial charge in [0, 0.05) is 43.2 Å². The molecule has 150 valence electrons. The summed E-state index contributed by atoms with van der Waals surface area (Å²) in [5.74, 6) is -0.325. The standard InChI is InChI=1S/C17H20N4O5S2/c1-20(2)28(25,26)16-8-6-13(27-16)10-18-14-7-3-11(9-15(14)21(23)24)17(22)19-12-4-5-12/h3,6-9,12,18H,4-5,10H2,1-2H3,(H,19,22). The van der Waals surface area contributed by atoms with Gasteiger partial charge in [0.25, 0.3) is 21.6 Å². The van der Waals surface area contributed by atoms with E-state index in [4.69, 9.17) is 0 Å². The van der Waals surface area contributed by atoms with Crippen molar-refractivity contribution < 1.29 is 18.1 Å². The molecule has 2 N–H and O–H groups in total. The van der Waals surface area contributed by atoms with Gasteiger partial charge in [0.05, 0.1) is 4.92 Å². The second-order valence-corrected chi connectivity index (χ2v) is 10.1. The van der Waals surface area contributed by atoms with Gasteiger partial charge < -0.3 is 10.6 Å². The number of carbonyl (C=O) groups is 1. The number of hydrogen-bond donors (Lipinski definition) is 2. The van der Waals surface area contributed by atoms with Crippen molar-refractivity contribution >= 4 is 38.6 Å². The molecule has 0 unspecified atom stereocenters. The van der Waals surface area contributed by atoms with Gasteiger partial charge in [0.1, 0.15) is 9.90 Å². The number of benzene rings is 1. The van der Waals surface area contributed by atoms with E-state index < -0.39 is 14.9 Å². The average molecular weight is 425 g/mol. The summed E-state index contributed by atoms with van der Waals surface area (Å²) in [4.78, 5) is 23.7. The predicted octanol–water partition coefficient (Wildman–Crippen LogP) is 2.41. The lowest BCUT2D eigenvalue weighted by Crippen LogP contribution is -2.25. The molecule has 2 aromatic rings. The van der Waals surface area contributed by atoms with Crippen LogP contribution < -0.4 is 10.6 Å². The number of amides is 1. The number of nitro benzene ring substituents is 1. The average Bonchev–Trinajstić information content (AvgIpc) is 3.32. The van der Waals surface area contributed by atoms with Crippen molar-refractivity contribution in [3.05, 3.63) is 50.9 Å². The zero-order valence-electron chi connectivity index (χ0n) is 15.3. The van der Waals surface area contributed by atoms with Crippen LogP contribution in [-0.4, -0.2) is 43.7 Å². The van der Waals surface area contributed by atoms with Gasteiger partial charge in [-0.15, -0.1) is 11.3 Å². The van der Waals surface area contributed by atoms with Crippen LogP contribution in [0.4, 0.5) is 11.4 Å². The number of thiophene rings is 1. The first-order valence-electron chi connectivity index (χ1n) is 8.53. The Balaban J connectivity index is 1.74. The van der Waals surface area contributed by atoms with Crippen molar-refractivity contribution in [3.8, 4) is 0 Å². The first kappa shape index (κ1) is 20.2. The van der Waals surface area contributed by atoms with E-state index >= 15 is 0 Å².